The number of aryl methyl sites for hydroxylation is 1. The van der Waals surface area contributed by atoms with E-state index in [2.05, 4.69) is 58.6 Å². The first kappa shape index (κ1) is 18.5. The van der Waals surface area contributed by atoms with Crippen LogP contribution >= 0.6 is 0 Å². The van der Waals surface area contributed by atoms with Gasteiger partial charge in [-0.25, -0.2) is 0 Å². The third-order valence-corrected chi connectivity index (χ3v) is 5.53. The van der Waals surface area contributed by atoms with E-state index in [-0.39, 0.29) is 6.04 Å². The predicted molar refractivity (Wildman–Crippen MR) is 116 cm³/mol. The fourth-order valence-corrected chi connectivity index (χ4v) is 3.88. The molecular formula is C23H28N4O. The van der Waals surface area contributed by atoms with Crippen molar-refractivity contribution in [3.8, 4) is 11.1 Å². The van der Waals surface area contributed by atoms with E-state index >= 15 is 0 Å². The van der Waals surface area contributed by atoms with Crippen molar-refractivity contribution in [1.82, 2.24) is 9.78 Å². The molecule has 0 aliphatic heterocycles. The van der Waals surface area contributed by atoms with Gasteiger partial charge in [0.15, 0.2) is 0 Å². The van der Waals surface area contributed by atoms with Crippen molar-refractivity contribution in [2.45, 2.75) is 51.6 Å². The van der Waals surface area contributed by atoms with Gasteiger partial charge in [0.05, 0.1) is 22.6 Å². The van der Waals surface area contributed by atoms with Crippen molar-refractivity contribution < 1.29 is 4.79 Å². The Hall–Kier alpha value is -2.82. The molecule has 2 N–H and O–H groups in total. The Morgan fingerprint density at radius 3 is 2.79 bits per heavy atom. The largest absolute Gasteiger partial charge is 0.386 e. The average Bonchev–Trinajstić information content (AvgIpc) is 3.48. The van der Waals surface area contributed by atoms with Gasteiger partial charge in [-0.2, -0.15) is 5.10 Å². The number of nitrogens with one attached hydrogen (secondary N) is 2. The molecule has 0 radical (unpaired) electrons. The number of hydrogen-bond donors (Lipinski definition) is 2. The van der Waals surface area contributed by atoms with Crippen LogP contribution in [0.3, 0.4) is 0 Å². The molecule has 3 aromatic rings. The second kappa shape index (κ2) is 7.66. The first-order valence-corrected chi connectivity index (χ1v) is 10.2. The topological polar surface area (TPSA) is 59.0 Å². The number of fused-ring (bicyclic) bond motifs is 1. The molecule has 1 unspecified atom stereocenters. The van der Waals surface area contributed by atoms with E-state index in [9.17, 15) is 4.79 Å². The minimum Gasteiger partial charge on any atom is -0.386 e. The summed E-state index contributed by atoms with van der Waals surface area (Å²) in [6.07, 6.45) is 3.93. The number of aromatic nitrogens is 2. The smallest absolute Gasteiger partial charge is 0.122 e. The van der Waals surface area contributed by atoms with E-state index in [1.54, 1.807) is 0 Å². The molecule has 1 heterocycles. The summed E-state index contributed by atoms with van der Waals surface area (Å²) in [4.78, 5) is 10.9. The number of anilines is 2. The van der Waals surface area contributed by atoms with Crippen molar-refractivity contribution >= 4 is 28.6 Å². The highest BCUT2D eigenvalue weighted by atomic mass is 16.1. The number of benzene rings is 2. The standard InChI is InChI=1S/C23H28N4O/c1-4-27-21-11-10-17(14-19(21)22(26-27)16-8-9-16)18-6-5-7-20(24-3)23(18)25-15(2)12-13-28/h5-7,10-11,13-16,24-25H,4,8-9,12H2,1-3H3. The molecular weight excluding hydrogens is 348 g/mol. The van der Waals surface area contributed by atoms with Crippen LogP contribution in [0, 0.1) is 0 Å². The Labute approximate surface area is 166 Å². The maximum atomic E-state index is 10.9. The number of nitrogens with zero attached hydrogens (tertiary/aromatic N) is 2. The van der Waals surface area contributed by atoms with Gasteiger partial charge >= 0.3 is 0 Å². The van der Waals surface area contributed by atoms with Gasteiger partial charge in [0, 0.05) is 42.9 Å². The summed E-state index contributed by atoms with van der Waals surface area (Å²) in [5.74, 6) is 0.611. The molecule has 1 fully saturated rings. The van der Waals surface area contributed by atoms with Gasteiger partial charge in [-0.1, -0.05) is 18.2 Å². The highest BCUT2D eigenvalue weighted by Gasteiger charge is 2.29. The van der Waals surface area contributed by atoms with Gasteiger partial charge < -0.3 is 15.4 Å². The molecule has 28 heavy (non-hydrogen) atoms. The van der Waals surface area contributed by atoms with Crippen LogP contribution in [0.4, 0.5) is 11.4 Å². The first-order valence-electron chi connectivity index (χ1n) is 10.2. The van der Waals surface area contributed by atoms with Crippen LogP contribution in [-0.2, 0) is 11.3 Å². The molecule has 0 amide bonds. The van der Waals surface area contributed by atoms with Gasteiger partial charge in [-0.3, -0.25) is 4.68 Å². The highest BCUT2D eigenvalue weighted by Crippen LogP contribution is 2.44. The van der Waals surface area contributed by atoms with Gasteiger partial charge in [0.1, 0.15) is 6.29 Å². The maximum absolute atomic E-state index is 10.9. The van der Waals surface area contributed by atoms with E-state index in [1.807, 2.05) is 14.0 Å². The van der Waals surface area contributed by atoms with Crippen LogP contribution in [0.25, 0.3) is 22.0 Å². The fourth-order valence-electron chi connectivity index (χ4n) is 3.88. The first-order chi connectivity index (χ1) is 13.7. The molecule has 0 bridgehead atoms. The monoisotopic (exact) mass is 376 g/mol. The van der Waals surface area contributed by atoms with Crippen LogP contribution in [0.1, 0.15) is 44.7 Å². The molecule has 0 saturated heterocycles. The molecule has 0 spiro atoms. The zero-order valence-electron chi connectivity index (χ0n) is 16.8. The Balaban J connectivity index is 1.83. The predicted octanol–water partition coefficient (Wildman–Crippen LogP) is 5.03. The van der Waals surface area contributed by atoms with E-state index in [0.29, 0.717) is 12.3 Å². The third-order valence-electron chi connectivity index (χ3n) is 5.53. The maximum Gasteiger partial charge on any atom is 0.122 e. The van der Waals surface area contributed by atoms with Crippen molar-refractivity contribution in [2.24, 2.45) is 0 Å². The summed E-state index contributed by atoms with van der Waals surface area (Å²) in [6, 6.07) is 13.0. The lowest BCUT2D eigenvalue weighted by molar-refractivity contribution is -0.107. The molecule has 2 aromatic carbocycles. The summed E-state index contributed by atoms with van der Waals surface area (Å²) < 4.78 is 2.11. The van der Waals surface area contributed by atoms with Crippen molar-refractivity contribution in [1.29, 1.82) is 0 Å². The molecule has 1 aromatic heterocycles. The third kappa shape index (κ3) is 3.37. The van der Waals surface area contributed by atoms with E-state index < -0.39 is 0 Å². The number of para-hydroxylation sites is 1. The van der Waals surface area contributed by atoms with Crippen molar-refractivity contribution in [3.05, 3.63) is 42.1 Å². The zero-order chi connectivity index (χ0) is 19.7. The van der Waals surface area contributed by atoms with Gasteiger partial charge in [0.25, 0.3) is 0 Å². The van der Waals surface area contributed by atoms with Gasteiger partial charge in [0.2, 0.25) is 0 Å². The molecule has 5 nitrogen and oxygen atoms in total. The summed E-state index contributed by atoms with van der Waals surface area (Å²) in [7, 11) is 1.92. The summed E-state index contributed by atoms with van der Waals surface area (Å²) >= 11 is 0. The molecule has 1 saturated carbocycles. The Bertz CT molecular complexity index is 1000. The SMILES string of the molecule is CCn1nc(C2CC2)c2cc(-c3cccc(NC)c3NC(C)CC=O)ccc21. The molecule has 1 aliphatic carbocycles. The highest BCUT2D eigenvalue weighted by molar-refractivity contribution is 5.93. The lowest BCUT2D eigenvalue weighted by Gasteiger charge is -2.20. The van der Waals surface area contributed by atoms with Gasteiger partial charge in [-0.05, 0) is 50.5 Å². The van der Waals surface area contributed by atoms with E-state index in [1.165, 1.54) is 35.0 Å². The quantitative estimate of drug-likeness (QED) is 0.541. The Kier molecular flexibility index (Phi) is 5.07. The van der Waals surface area contributed by atoms with E-state index in [4.69, 9.17) is 5.10 Å². The molecule has 1 aliphatic rings. The number of rotatable bonds is 8. The second-order valence-corrected chi connectivity index (χ2v) is 7.63. The van der Waals surface area contributed by atoms with Crippen LogP contribution in [0.15, 0.2) is 36.4 Å². The van der Waals surface area contributed by atoms with Gasteiger partial charge in [-0.15, -0.1) is 0 Å². The average molecular weight is 377 g/mol. The van der Waals surface area contributed by atoms with Crippen LogP contribution < -0.4 is 10.6 Å². The normalized spacial score (nSPS) is 14.8. The Morgan fingerprint density at radius 1 is 1.29 bits per heavy atom. The number of hydrogen-bond acceptors (Lipinski definition) is 4. The fraction of sp³-hybridized carbons (Fsp3) is 0.391. The zero-order valence-corrected chi connectivity index (χ0v) is 16.8. The molecule has 5 heteroatoms. The molecule has 1 atom stereocenters. The molecule has 146 valence electrons. The number of carbonyl (C=O) groups excluding carboxylic acids is 1. The summed E-state index contributed by atoms with van der Waals surface area (Å²) in [5.41, 5.74) is 6.83. The van der Waals surface area contributed by atoms with Crippen LogP contribution in [-0.4, -0.2) is 29.2 Å². The minimum absolute atomic E-state index is 0.0688. The van der Waals surface area contributed by atoms with Crippen molar-refractivity contribution in [2.75, 3.05) is 17.7 Å². The lowest BCUT2D eigenvalue weighted by Crippen LogP contribution is -2.17. The minimum atomic E-state index is 0.0688. The number of aldehydes is 1. The lowest BCUT2D eigenvalue weighted by atomic mass is 9.99. The molecule has 4 rings (SSSR count). The van der Waals surface area contributed by atoms with Crippen molar-refractivity contribution in [3.63, 3.8) is 0 Å². The van der Waals surface area contributed by atoms with E-state index in [0.717, 1.165) is 29.8 Å². The summed E-state index contributed by atoms with van der Waals surface area (Å²) in [5, 5.41) is 13.0. The second-order valence-electron chi connectivity index (χ2n) is 7.63. The van der Waals surface area contributed by atoms with Crippen LogP contribution in [0.2, 0.25) is 0 Å². The summed E-state index contributed by atoms with van der Waals surface area (Å²) in [6.45, 7) is 5.06. The van der Waals surface area contributed by atoms with Crippen LogP contribution in [0.5, 0.6) is 0 Å². The Morgan fingerprint density at radius 2 is 2.11 bits per heavy atom. The number of carbonyl (C=O) groups is 1.